The summed E-state index contributed by atoms with van der Waals surface area (Å²) in [6.45, 7) is 2.05. The van der Waals surface area contributed by atoms with E-state index in [0.29, 0.717) is 15.9 Å². The highest BCUT2D eigenvalue weighted by Crippen LogP contribution is 2.21. The van der Waals surface area contributed by atoms with Crippen LogP contribution in [0.15, 0.2) is 53.1 Å². The van der Waals surface area contributed by atoms with Crippen molar-refractivity contribution in [2.24, 2.45) is 0 Å². The van der Waals surface area contributed by atoms with Crippen molar-refractivity contribution < 1.29 is 4.79 Å². The molecule has 0 aliphatic rings. The van der Waals surface area contributed by atoms with E-state index in [-0.39, 0.29) is 11.7 Å². The summed E-state index contributed by atoms with van der Waals surface area (Å²) in [4.78, 5) is 16.1. The summed E-state index contributed by atoms with van der Waals surface area (Å²) in [6, 6.07) is 11.9. The zero-order valence-corrected chi connectivity index (χ0v) is 15.4. The number of thiazole rings is 1. The van der Waals surface area contributed by atoms with E-state index in [1.165, 1.54) is 28.7 Å². The van der Waals surface area contributed by atoms with Gasteiger partial charge in [0.05, 0.1) is 11.4 Å². The lowest BCUT2D eigenvalue weighted by Gasteiger charge is -2.04. The molecule has 0 saturated heterocycles. The second-order valence-electron chi connectivity index (χ2n) is 5.51. The molecule has 3 heterocycles. The number of aryl methyl sites for hydroxylation is 1. The van der Waals surface area contributed by atoms with E-state index >= 15 is 0 Å². The van der Waals surface area contributed by atoms with Crippen LogP contribution in [0, 0.1) is 6.92 Å². The van der Waals surface area contributed by atoms with Crippen molar-refractivity contribution in [3.8, 4) is 11.3 Å². The third kappa shape index (κ3) is 3.58. The number of fused-ring (bicyclic) bond motifs is 1. The van der Waals surface area contributed by atoms with Gasteiger partial charge in [-0.05, 0) is 19.1 Å². The van der Waals surface area contributed by atoms with E-state index in [1.54, 1.807) is 10.7 Å². The average molecular weight is 382 g/mol. The summed E-state index contributed by atoms with van der Waals surface area (Å²) in [5.74, 6) is 0.0629. The monoisotopic (exact) mass is 382 g/mol. The Bertz CT molecular complexity index is 1040. The van der Waals surface area contributed by atoms with Crippen molar-refractivity contribution >= 4 is 39.8 Å². The van der Waals surface area contributed by atoms with Gasteiger partial charge in [-0.2, -0.15) is 9.61 Å². The summed E-state index contributed by atoms with van der Waals surface area (Å²) >= 11 is 2.66. The fourth-order valence-electron chi connectivity index (χ4n) is 2.31. The summed E-state index contributed by atoms with van der Waals surface area (Å²) in [5.41, 5.74) is 3.68. The topological polar surface area (TPSA) is 85.1 Å². The molecule has 1 aromatic carbocycles. The lowest BCUT2D eigenvalue weighted by Crippen LogP contribution is -2.14. The molecule has 0 unspecified atom stereocenters. The first-order valence-electron chi connectivity index (χ1n) is 7.81. The van der Waals surface area contributed by atoms with Crippen molar-refractivity contribution in [2.45, 2.75) is 12.1 Å². The molecule has 0 saturated carbocycles. The number of anilines is 1. The number of thioether (sulfide) groups is 1. The van der Waals surface area contributed by atoms with Gasteiger partial charge in [-0.1, -0.05) is 41.6 Å². The zero-order chi connectivity index (χ0) is 17.9. The molecule has 0 fully saturated rings. The normalized spacial score (nSPS) is 11.0. The van der Waals surface area contributed by atoms with Crippen molar-refractivity contribution in [3.05, 3.63) is 53.5 Å². The molecular weight excluding hydrogens is 368 g/mol. The van der Waals surface area contributed by atoms with Crippen molar-refractivity contribution in [3.63, 3.8) is 0 Å². The van der Waals surface area contributed by atoms with E-state index in [9.17, 15) is 4.79 Å². The fraction of sp³-hybridized carbons (Fsp3) is 0.118. The Morgan fingerprint density at radius 2 is 2.04 bits per heavy atom. The minimum Gasteiger partial charge on any atom is -0.301 e. The number of carbonyl (C=O) groups is 1. The lowest BCUT2D eigenvalue weighted by molar-refractivity contribution is -0.113. The maximum absolute atomic E-state index is 12.0. The standard InChI is InChI=1S/C17H14N6OS2/c1-11-2-4-12(5-3-11)13-6-7-14-20-21-17(23(14)22-13)26-10-15(24)19-16-18-8-9-25-16/h2-9H,10H2,1H3,(H,18,19,24). The van der Waals surface area contributed by atoms with Crippen LogP contribution in [0.2, 0.25) is 0 Å². The number of rotatable bonds is 5. The Balaban J connectivity index is 1.53. The predicted molar refractivity (Wildman–Crippen MR) is 102 cm³/mol. The number of nitrogens with one attached hydrogen (secondary N) is 1. The maximum Gasteiger partial charge on any atom is 0.236 e. The molecule has 1 N–H and O–H groups in total. The molecule has 9 heteroatoms. The van der Waals surface area contributed by atoms with Crippen molar-refractivity contribution in [2.75, 3.05) is 11.1 Å². The van der Waals surface area contributed by atoms with Crippen LogP contribution in [0.4, 0.5) is 5.13 Å². The SMILES string of the molecule is Cc1ccc(-c2ccc3nnc(SCC(=O)Nc4nccs4)n3n2)cc1. The van der Waals surface area contributed by atoms with Gasteiger partial charge in [-0.3, -0.25) is 4.79 Å². The average Bonchev–Trinajstić information content (AvgIpc) is 3.30. The smallest absolute Gasteiger partial charge is 0.236 e. The molecule has 26 heavy (non-hydrogen) atoms. The number of aromatic nitrogens is 5. The fourth-order valence-corrected chi connectivity index (χ4v) is 3.54. The second kappa shape index (κ2) is 7.22. The number of carbonyl (C=O) groups excluding carboxylic acids is 1. The molecule has 4 rings (SSSR count). The molecule has 7 nitrogen and oxygen atoms in total. The summed E-state index contributed by atoms with van der Waals surface area (Å²) in [5, 5.41) is 18.6. The first-order chi connectivity index (χ1) is 12.7. The minimum atomic E-state index is -0.142. The maximum atomic E-state index is 12.0. The number of hydrogen-bond donors (Lipinski definition) is 1. The van der Waals surface area contributed by atoms with Crippen molar-refractivity contribution in [1.82, 2.24) is 24.8 Å². The Morgan fingerprint density at radius 3 is 2.81 bits per heavy atom. The van der Waals surface area contributed by atoms with Gasteiger partial charge < -0.3 is 5.32 Å². The molecule has 0 atom stereocenters. The van der Waals surface area contributed by atoms with Crippen LogP contribution in [0.3, 0.4) is 0 Å². The molecule has 1 amide bonds. The van der Waals surface area contributed by atoms with Gasteiger partial charge in [-0.15, -0.1) is 21.5 Å². The first-order valence-corrected chi connectivity index (χ1v) is 9.67. The van der Waals surface area contributed by atoms with E-state index in [2.05, 4.69) is 25.6 Å². The van der Waals surface area contributed by atoms with Gasteiger partial charge in [0, 0.05) is 17.1 Å². The van der Waals surface area contributed by atoms with Crippen LogP contribution in [0.25, 0.3) is 16.9 Å². The van der Waals surface area contributed by atoms with Gasteiger partial charge >= 0.3 is 0 Å². The highest BCUT2D eigenvalue weighted by molar-refractivity contribution is 7.99. The van der Waals surface area contributed by atoms with E-state index in [4.69, 9.17) is 0 Å². The summed E-state index contributed by atoms with van der Waals surface area (Å²) < 4.78 is 1.66. The van der Waals surface area contributed by atoms with Crippen molar-refractivity contribution in [1.29, 1.82) is 0 Å². The molecule has 0 bridgehead atoms. The second-order valence-corrected chi connectivity index (χ2v) is 7.35. The quantitative estimate of drug-likeness (QED) is 0.533. The van der Waals surface area contributed by atoms with Gasteiger partial charge in [0.25, 0.3) is 0 Å². The van der Waals surface area contributed by atoms with Crippen LogP contribution < -0.4 is 5.32 Å². The zero-order valence-electron chi connectivity index (χ0n) is 13.8. The molecule has 3 aromatic heterocycles. The highest BCUT2D eigenvalue weighted by Gasteiger charge is 2.12. The Kier molecular flexibility index (Phi) is 4.63. The molecule has 0 radical (unpaired) electrons. The highest BCUT2D eigenvalue weighted by atomic mass is 32.2. The van der Waals surface area contributed by atoms with E-state index in [0.717, 1.165) is 11.3 Å². The lowest BCUT2D eigenvalue weighted by atomic mass is 10.1. The molecule has 130 valence electrons. The number of hydrogen-bond acceptors (Lipinski definition) is 7. The Morgan fingerprint density at radius 1 is 1.19 bits per heavy atom. The Hall–Kier alpha value is -2.78. The van der Waals surface area contributed by atoms with Gasteiger partial charge in [0.1, 0.15) is 0 Å². The number of benzene rings is 1. The van der Waals surface area contributed by atoms with E-state index < -0.39 is 0 Å². The third-order valence-corrected chi connectivity index (χ3v) is 5.20. The predicted octanol–water partition coefficient (Wildman–Crippen LogP) is 3.29. The van der Waals surface area contributed by atoms with Crippen LogP contribution in [0.5, 0.6) is 0 Å². The molecule has 0 aliphatic heterocycles. The summed E-state index contributed by atoms with van der Waals surface area (Å²) in [6.07, 6.45) is 1.65. The van der Waals surface area contributed by atoms with Gasteiger partial charge in [0.2, 0.25) is 11.1 Å². The number of nitrogens with zero attached hydrogens (tertiary/aromatic N) is 5. The number of amides is 1. The van der Waals surface area contributed by atoms with Crippen LogP contribution in [-0.4, -0.2) is 36.5 Å². The van der Waals surface area contributed by atoms with Crippen LogP contribution >= 0.6 is 23.1 Å². The first kappa shape index (κ1) is 16.7. The Labute approximate surface area is 157 Å². The molecular formula is C17H14N6OS2. The van der Waals surface area contributed by atoms with E-state index in [1.807, 2.05) is 48.7 Å². The van der Waals surface area contributed by atoms with Crippen LogP contribution in [0.1, 0.15) is 5.56 Å². The molecule has 0 aliphatic carbocycles. The van der Waals surface area contributed by atoms with Crippen LogP contribution in [-0.2, 0) is 4.79 Å². The third-order valence-electron chi connectivity index (χ3n) is 3.59. The van der Waals surface area contributed by atoms with Gasteiger partial charge in [-0.25, -0.2) is 4.98 Å². The summed E-state index contributed by atoms with van der Waals surface area (Å²) in [7, 11) is 0. The van der Waals surface area contributed by atoms with Gasteiger partial charge in [0.15, 0.2) is 10.8 Å². The largest absolute Gasteiger partial charge is 0.301 e. The minimum absolute atomic E-state index is 0.142. The molecule has 0 spiro atoms. The molecule has 4 aromatic rings.